The van der Waals surface area contributed by atoms with Crippen LogP contribution in [0.4, 0.5) is 0 Å². The van der Waals surface area contributed by atoms with Gasteiger partial charge in [0.2, 0.25) is 0 Å². The van der Waals surface area contributed by atoms with Gasteiger partial charge >= 0.3 is 0 Å². The number of benzene rings is 1. The van der Waals surface area contributed by atoms with Crippen LogP contribution >= 0.6 is 0 Å². The molecule has 0 bridgehead atoms. The lowest BCUT2D eigenvalue weighted by molar-refractivity contribution is -0.0393. The van der Waals surface area contributed by atoms with E-state index in [9.17, 15) is 4.79 Å². The molecule has 0 spiro atoms. The average molecular weight is 218 g/mol. The van der Waals surface area contributed by atoms with Crippen LogP contribution in [0.3, 0.4) is 0 Å². The van der Waals surface area contributed by atoms with Crippen LogP contribution in [0.2, 0.25) is 0 Å². The summed E-state index contributed by atoms with van der Waals surface area (Å²) in [5, 5.41) is 0. The second kappa shape index (κ2) is 5.26. The van der Waals surface area contributed by atoms with Gasteiger partial charge in [-0.25, -0.2) is 0 Å². The number of hydrogen-bond acceptors (Lipinski definition) is 2. The van der Waals surface area contributed by atoms with Crippen molar-refractivity contribution in [2.45, 2.75) is 44.8 Å². The van der Waals surface area contributed by atoms with E-state index in [0.29, 0.717) is 12.5 Å². The number of hydrogen-bond donors (Lipinski definition) is 0. The second-order valence-electron chi connectivity index (χ2n) is 4.49. The van der Waals surface area contributed by atoms with E-state index in [4.69, 9.17) is 4.74 Å². The number of rotatable bonds is 3. The molecule has 2 rings (SSSR count). The normalized spacial score (nSPS) is 25.3. The first-order chi connectivity index (χ1) is 7.75. The van der Waals surface area contributed by atoms with E-state index in [1.165, 1.54) is 6.42 Å². The highest BCUT2D eigenvalue weighted by molar-refractivity contribution is 5.96. The van der Waals surface area contributed by atoms with E-state index in [2.05, 4.69) is 6.92 Å². The van der Waals surface area contributed by atoms with Crippen molar-refractivity contribution in [2.24, 2.45) is 0 Å². The van der Waals surface area contributed by atoms with Crippen LogP contribution in [-0.2, 0) is 4.74 Å². The summed E-state index contributed by atoms with van der Waals surface area (Å²) in [5.74, 6) is 0.194. The molecule has 2 nitrogen and oxygen atoms in total. The fourth-order valence-electron chi connectivity index (χ4n) is 2.20. The zero-order valence-corrected chi connectivity index (χ0v) is 9.69. The highest BCUT2D eigenvalue weighted by Crippen LogP contribution is 2.22. The van der Waals surface area contributed by atoms with Crippen LogP contribution in [0, 0.1) is 0 Å². The third kappa shape index (κ3) is 2.92. The summed E-state index contributed by atoms with van der Waals surface area (Å²) < 4.78 is 5.76. The van der Waals surface area contributed by atoms with Crippen molar-refractivity contribution in [2.75, 3.05) is 0 Å². The third-order valence-electron chi connectivity index (χ3n) is 3.07. The van der Waals surface area contributed by atoms with Crippen molar-refractivity contribution in [3.63, 3.8) is 0 Å². The predicted molar refractivity (Wildman–Crippen MR) is 63.6 cm³/mol. The van der Waals surface area contributed by atoms with Crippen molar-refractivity contribution in [3.8, 4) is 0 Å². The predicted octanol–water partition coefficient (Wildman–Crippen LogP) is 3.22. The Hall–Kier alpha value is -1.15. The van der Waals surface area contributed by atoms with E-state index < -0.39 is 0 Å². The summed E-state index contributed by atoms with van der Waals surface area (Å²) in [4.78, 5) is 11.9. The lowest BCUT2D eigenvalue weighted by Gasteiger charge is -2.27. The Balaban J connectivity index is 1.92. The Bertz CT molecular complexity index is 345. The zero-order chi connectivity index (χ0) is 11.4. The average Bonchev–Trinajstić information content (AvgIpc) is 2.30. The van der Waals surface area contributed by atoms with E-state index in [-0.39, 0.29) is 11.9 Å². The number of Topliss-reactive ketones (excluding diaryl/α,β-unsaturated/α-hetero) is 1. The minimum absolute atomic E-state index is 0.122. The Morgan fingerprint density at radius 3 is 2.75 bits per heavy atom. The minimum Gasteiger partial charge on any atom is -0.375 e. The van der Waals surface area contributed by atoms with Crippen molar-refractivity contribution in [3.05, 3.63) is 35.9 Å². The van der Waals surface area contributed by atoms with Crippen LogP contribution in [0.1, 0.15) is 43.0 Å². The van der Waals surface area contributed by atoms with Gasteiger partial charge in [0.1, 0.15) is 0 Å². The lowest BCUT2D eigenvalue weighted by Crippen LogP contribution is -2.27. The molecule has 0 unspecified atom stereocenters. The molecule has 0 saturated carbocycles. The van der Waals surface area contributed by atoms with E-state index >= 15 is 0 Å². The third-order valence-corrected chi connectivity index (χ3v) is 3.07. The molecule has 16 heavy (non-hydrogen) atoms. The maximum atomic E-state index is 11.9. The van der Waals surface area contributed by atoms with Gasteiger partial charge in [-0.1, -0.05) is 30.3 Å². The van der Waals surface area contributed by atoms with Crippen molar-refractivity contribution in [1.82, 2.24) is 0 Å². The van der Waals surface area contributed by atoms with Crippen molar-refractivity contribution in [1.29, 1.82) is 0 Å². The molecule has 1 saturated heterocycles. The van der Waals surface area contributed by atoms with E-state index in [0.717, 1.165) is 18.4 Å². The summed E-state index contributed by atoms with van der Waals surface area (Å²) in [5.41, 5.74) is 0.796. The van der Waals surface area contributed by atoms with Crippen LogP contribution in [0.25, 0.3) is 0 Å². The molecule has 1 fully saturated rings. The maximum absolute atomic E-state index is 11.9. The smallest absolute Gasteiger partial charge is 0.165 e. The van der Waals surface area contributed by atoms with Crippen molar-refractivity contribution < 1.29 is 9.53 Å². The molecule has 2 atom stereocenters. The summed E-state index contributed by atoms with van der Waals surface area (Å²) in [6.45, 7) is 2.08. The summed E-state index contributed by atoms with van der Waals surface area (Å²) in [7, 11) is 0. The minimum atomic E-state index is 0.122. The summed E-state index contributed by atoms with van der Waals surface area (Å²) >= 11 is 0. The Morgan fingerprint density at radius 1 is 1.31 bits per heavy atom. The van der Waals surface area contributed by atoms with Gasteiger partial charge in [-0.15, -0.1) is 0 Å². The topological polar surface area (TPSA) is 26.3 Å². The highest BCUT2D eigenvalue weighted by Gasteiger charge is 2.22. The molecule has 0 aromatic heterocycles. The number of carbonyl (C=O) groups excluding carboxylic acids is 1. The Morgan fingerprint density at radius 2 is 2.06 bits per heavy atom. The van der Waals surface area contributed by atoms with E-state index in [1.54, 1.807) is 0 Å². The SMILES string of the molecule is C[C@H]1CCC[C@H](CC(=O)c2ccccc2)O1. The van der Waals surface area contributed by atoms with Crippen molar-refractivity contribution >= 4 is 5.78 Å². The first kappa shape index (κ1) is 11.3. The standard InChI is InChI=1S/C14H18O2/c1-11-6-5-9-13(16-11)10-14(15)12-7-3-2-4-8-12/h2-4,7-8,11,13H,5-6,9-10H2,1H3/t11-,13+/m0/s1. The first-order valence-corrected chi connectivity index (χ1v) is 5.99. The van der Waals surface area contributed by atoms with E-state index in [1.807, 2.05) is 30.3 Å². The van der Waals surface area contributed by atoms with Gasteiger partial charge in [0.15, 0.2) is 5.78 Å². The highest BCUT2D eigenvalue weighted by atomic mass is 16.5. The molecule has 86 valence electrons. The Labute approximate surface area is 96.6 Å². The van der Waals surface area contributed by atoms with Gasteiger partial charge < -0.3 is 4.74 Å². The molecule has 1 aromatic carbocycles. The number of ketones is 1. The van der Waals surface area contributed by atoms with Crippen LogP contribution in [-0.4, -0.2) is 18.0 Å². The lowest BCUT2D eigenvalue weighted by atomic mass is 9.98. The van der Waals surface area contributed by atoms with Crippen LogP contribution in [0.5, 0.6) is 0 Å². The molecular weight excluding hydrogens is 200 g/mol. The first-order valence-electron chi connectivity index (χ1n) is 5.99. The largest absolute Gasteiger partial charge is 0.375 e. The molecule has 2 heteroatoms. The molecule has 0 radical (unpaired) electrons. The molecule has 0 amide bonds. The van der Waals surface area contributed by atoms with Crippen LogP contribution < -0.4 is 0 Å². The molecule has 1 heterocycles. The monoisotopic (exact) mass is 218 g/mol. The van der Waals surface area contributed by atoms with Gasteiger partial charge in [-0.05, 0) is 26.2 Å². The molecule has 1 aliphatic heterocycles. The fourth-order valence-corrected chi connectivity index (χ4v) is 2.20. The summed E-state index contributed by atoms with van der Waals surface area (Å²) in [6.07, 6.45) is 4.26. The molecule has 1 aromatic rings. The molecule has 1 aliphatic rings. The second-order valence-corrected chi connectivity index (χ2v) is 4.49. The molecule has 0 aliphatic carbocycles. The fraction of sp³-hybridized carbons (Fsp3) is 0.500. The maximum Gasteiger partial charge on any atom is 0.165 e. The van der Waals surface area contributed by atoms with Gasteiger partial charge in [0.25, 0.3) is 0 Å². The molecular formula is C14H18O2. The molecule has 0 N–H and O–H groups in total. The quantitative estimate of drug-likeness (QED) is 0.728. The van der Waals surface area contributed by atoms with Gasteiger partial charge in [-0.2, -0.15) is 0 Å². The van der Waals surface area contributed by atoms with Gasteiger partial charge in [0.05, 0.1) is 12.2 Å². The van der Waals surface area contributed by atoms with Crippen LogP contribution in [0.15, 0.2) is 30.3 Å². The summed E-state index contributed by atoms with van der Waals surface area (Å²) in [6, 6.07) is 9.47. The Kier molecular flexibility index (Phi) is 3.73. The number of carbonyl (C=O) groups is 1. The zero-order valence-electron chi connectivity index (χ0n) is 9.69. The van der Waals surface area contributed by atoms with Gasteiger partial charge in [-0.3, -0.25) is 4.79 Å². The number of ether oxygens (including phenoxy) is 1. The van der Waals surface area contributed by atoms with Gasteiger partial charge in [0, 0.05) is 12.0 Å².